The quantitative estimate of drug-likeness (QED) is 0.759. The monoisotopic (exact) mass is 274 g/mol. The molecule has 1 aromatic rings. The summed E-state index contributed by atoms with van der Waals surface area (Å²) in [4.78, 5) is 37.9. The second-order valence-corrected chi connectivity index (χ2v) is 5.05. The number of rotatable bonds is 4. The van der Waals surface area contributed by atoms with Crippen molar-refractivity contribution >= 4 is 18.1 Å². The zero-order chi connectivity index (χ0) is 14.5. The van der Waals surface area contributed by atoms with Crippen molar-refractivity contribution in [3.05, 3.63) is 35.9 Å². The topological polar surface area (TPSA) is 57.7 Å². The summed E-state index contributed by atoms with van der Waals surface area (Å²) in [6.07, 6.45) is 0.657. The molecule has 1 heterocycles. The van der Waals surface area contributed by atoms with Crippen LogP contribution in [0.5, 0.6) is 0 Å². The lowest BCUT2D eigenvalue weighted by atomic mass is 10.1. The highest BCUT2D eigenvalue weighted by atomic mass is 16.2. The second-order valence-electron chi connectivity index (χ2n) is 5.05. The fourth-order valence-electron chi connectivity index (χ4n) is 2.36. The van der Waals surface area contributed by atoms with Crippen molar-refractivity contribution in [3.63, 3.8) is 0 Å². The molecular weight excluding hydrogens is 256 g/mol. The minimum absolute atomic E-state index is 0.0191. The molecule has 1 fully saturated rings. The highest BCUT2D eigenvalue weighted by Crippen LogP contribution is 2.14. The number of aldehydes is 1. The fourth-order valence-corrected chi connectivity index (χ4v) is 2.36. The molecule has 1 atom stereocenters. The maximum Gasteiger partial charge on any atom is 0.242 e. The molecule has 1 aliphatic heterocycles. The van der Waals surface area contributed by atoms with Crippen LogP contribution in [0.4, 0.5) is 0 Å². The summed E-state index contributed by atoms with van der Waals surface area (Å²) in [6, 6.07) is 9.67. The molecule has 0 spiro atoms. The number of benzene rings is 1. The van der Waals surface area contributed by atoms with Gasteiger partial charge in [-0.1, -0.05) is 37.3 Å². The molecule has 0 aliphatic carbocycles. The van der Waals surface area contributed by atoms with Crippen molar-refractivity contribution < 1.29 is 14.4 Å². The van der Waals surface area contributed by atoms with Gasteiger partial charge in [0.25, 0.3) is 0 Å². The zero-order valence-electron chi connectivity index (χ0n) is 11.5. The largest absolute Gasteiger partial charge is 0.336 e. The van der Waals surface area contributed by atoms with Crippen molar-refractivity contribution in [2.24, 2.45) is 5.92 Å². The van der Waals surface area contributed by atoms with Gasteiger partial charge in [0.2, 0.25) is 11.8 Å². The Morgan fingerprint density at radius 2 is 1.90 bits per heavy atom. The lowest BCUT2D eigenvalue weighted by Gasteiger charge is -2.21. The molecule has 0 bridgehead atoms. The molecule has 20 heavy (non-hydrogen) atoms. The van der Waals surface area contributed by atoms with E-state index in [2.05, 4.69) is 0 Å². The molecule has 1 aromatic carbocycles. The van der Waals surface area contributed by atoms with Crippen molar-refractivity contribution in [3.8, 4) is 0 Å². The van der Waals surface area contributed by atoms with E-state index in [9.17, 15) is 14.4 Å². The first-order valence-corrected chi connectivity index (χ1v) is 6.66. The average molecular weight is 274 g/mol. The third-order valence-corrected chi connectivity index (χ3v) is 3.42. The summed E-state index contributed by atoms with van der Waals surface area (Å²) < 4.78 is 0. The third-order valence-electron chi connectivity index (χ3n) is 3.42. The minimum Gasteiger partial charge on any atom is -0.336 e. The molecule has 0 radical (unpaired) electrons. The predicted octanol–water partition coefficient (Wildman–Crippen LogP) is 0.692. The van der Waals surface area contributed by atoms with E-state index in [0.29, 0.717) is 19.4 Å². The molecule has 106 valence electrons. The first-order valence-electron chi connectivity index (χ1n) is 6.66. The van der Waals surface area contributed by atoms with Crippen LogP contribution in [-0.2, 0) is 20.9 Å². The lowest BCUT2D eigenvalue weighted by molar-refractivity contribution is -0.138. The van der Waals surface area contributed by atoms with Crippen LogP contribution in [0.3, 0.4) is 0 Å². The Morgan fingerprint density at radius 3 is 2.55 bits per heavy atom. The normalized spacial score (nSPS) is 19.9. The molecule has 1 aliphatic rings. The van der Waals surface area contributed by atoms with E-state index in [1.165, 1.54) is 4.90 Å². The second kappa shape index (κ2) is 6.32. The van der Waals surface area contributed by atoms with Crippen LogP contribution in [0.2, 0.25) is 0 Å². The van der Waals surface area contributed by atoms with E-state index >= 15 is 0 Å². The van der Waals surface area contributed by atoms with Gasteiger partial charge in [0, 0.05) is 13.1 Å². The Labute approximate surface area is 118 Å². The van der Waals surface area contributed by atoms with Gasteiger partial charge in [-0.3, -0.25) is 9.59 Å². The Morgan fingerprint density at radius 1 is 1.20 bits per heavy atom. The molecule has 2 amide bonds. The first-order chi connectivity index (χ1) is 9.61. The van der Waals surface area contributed by atoms with Crippen LogP contribution in [0.1, 0.15) is 12.5 Å². The molecule has 0 aromatic heterocycles. The summed E-state index contributed by atoms with van der Waals surface area (Å²) in [5, 5.41) is 0. The Balaban J connectivity index is 2.13. The average Bonchev–Trinajstić information content (AvgIpc) is 2.54. The molecule has 5 heteroatoms. The van der Waals surface area contributed by atoms with Crippen molar-refractivity contribution in [2.75, 3.05) is 19.6 Å². The Hall–Kier alpha value is -2.17. The van der Waals surface area contributed by atoms with E-state index < -0.39 is 0 Å². The molecular formula is C15H18N2O3. The SMILES string of the molecule is CC1CN(Cc2ccccc2)C(=O)CN(CC=O)C1=O. The third kappa shape index (κ3) is 3.23. The standard InChI is InChI=1S/C15H18N2O3/c1-12-9-17(10-13-5-3-2-4-6-13)14(19)11-16(7-8-18)15(12)20/h2-6,8,12H,7,9-11H2,1H3. The summed E-state index contributed by atoms with van der Waals surface area (Å²) >= 11 is 0. The Kier molecular flexibility index (Phi) is 4.50. The summed E-state index contributed by atoms with van der Waals surface area (Å²) in [7, 11) is 0. The van der Waals surface area contributed by atoms with Crippen LogP contribution in [0.25, 0.3) is 0 Å². The highest BCUT2D eigenvalue weighted by molar-refractivity contribution is 5.89. The van der Waals surface area contributed by atoms with Gasteiger partial charge in [-0.2, -0.15) is 0 Å². The molecule has 5 nitrogen and oxygen atoms in total. The molecule has 0 saturated carbocycles. The van der Waals surface area contributed by atoms with Crippen LogP contribution in [-0.4, -0.2) is 47.5 Å². The predicted molar refractivity (Wildman–Crippen MR) is 73.7 cm³/mol. The maximum atomic E-state index is 12.2. The van der Waals surface area contributed by atoms with Crippen LogP contribution in [0, 0.1) is 5.92 Å². The fraction of sp³-hybridized carbons (Fsp3) is 0.400. The summed E-state index contributed by atoms with van der Waals surface area (Å²) in [5.41, 5.74) is 1.03. The van der Waals surface area contributed by atoms with Gasteiger partial charge in [-0.05, 0) is 5.56 Å². The number of nitrogens with zero attached hydrogens (tertiary/aromatic N) is 2. The van der Waals surface area contributed by atoms with Crippen LogP contribution < -0.4 is 0 Å². The molecule has 2 rings (SSSR count). The van der Waals surface area contributed by atoms with Crippen molar-refractivity contribution in [2.45, 2.75) is 13.5 Å². The van der Waals surface area contributed by atoms with Crippen molar-refractivity contribution in [1.82, 2.24) is 9.80 Å². The molecule has 1 saturated heterocycles. The van der Waals surface area contributed by atoms with Gasteiger partial charge in [-0.25, -0.2) is 0 Å². The number of hydrogen-bond acceptors (Lipinski definition) is 3. The smallest absolute Gasteiger partial charge is 0.242 e. The molecule has 0 N–H and O–H groups in total. The minimum atomic E-state index is -0.287. The summed E-state index contributed by atoms with van der Waals surface area (Å²) in [6.45, 7) is 2.63. The van der Waals surface area contributed by atoms with E-state index in [4.69, 9.17) is 0 Å². The number of carbonyl (C=O) groups excluding carboxylic acids is 3. The van der Waals surface area contributed by atoms with Gasteiger partial charge in [0.15, 0.2) is 0 Å². The first kappa shape index (κ1) is 14.2. The van der Waals surface area contributed by atoms with Gasteiger partial charge in [0.05, 0.1) is 12.5 Å². The lowest BCUT2D eigenvalue weighted by Crippen LogP contribution is -2.38. The van der Waals surface area contributed by atoms with E-state index in [1.54, 1.807) is 11.8 Å². The van der Waals surface area contributed by atoms with Gasteiger partial charge in [0.1, 0.15) is 12.8 Å². The summed E-state index contributed by atoms with van der Waals surface area (Å²) in [5.74, 6) is -0.542. The van der Waals surface area contributed by atoms with Gasteiger partial charge >= 0.3 is 0 Å². The van der Waals surface area contributed by atoms with E-state index in [-0.39, 0.29) is 30.8 Å². The highest BCUT2D eigenvalue weighted by Gasteiger charge is 2.31. The van der Waals surface area contributed by atoms with Crippen LogP contribution >= 0.6 is 0 Å². The van der Waals surface area contributed by atoms with Crippen molar-refractivity contribution in [1.29, 1.82) is 0 Å². The number of carbonyl (C=O) groups is 3. The van der Waals surface area contributed by atoms with Gasteiger partial charge < -0.3 is 14.6 Å². The van der Waals surface area contributed by atoms with Gasteiger partial charge in [-0.15, -0.1) is 0 Å². The van der Waals surface area contributed by atoms with E-state index in [1.807, 2.05) is 30.3 Å². The number of amides is 2. The van der Waals surface area contributed by atoms with E-state index in [0.717, 1.165) is 5.56 Å². The molecule has 1 unspecified atom stereocenters. The number of hydrogen-bond donors (Lipinski definition) is 0. The maximum absolute atomic E-state index is 12.2. The zero-order valence-corrected chi connectivity index (χ0v) is 11.5. The van der Waals surface area contributed by atoms with Crippen LogP contribution in [0.15, 0.2) is 30.3 Å². The Bertz CT molecular complexity index is 501.